The highest BCUT2D eigenvalue weighted by Gasteiger charge is 2.50. The molecular weight excluding hydrogens is 514 g/mol. The van der Waals surface area contributed by atoms with Crippen LogP contribution >= 0.6 is 11.6 Å². The van der Waals surface area contributed by atoms with Crippen molar-refractivity contribution in [3.8, 4) is 0 Å². The van der Waals surface area contributed by atoms with Gasteiger partial charge in [0.15, 0.2) is 5.65 Å². The molecule has 0 radical (unpaired) electrons. The van der Waals surface area contributed by atoms with E-state index in [4.69, 9.17) is 21.7 Å². The summed E-state index contributed by atoms with van der Waals surface area (Å²) in [7, 11) is -3.57. The molecule has 5 heterocycles. The third kappa shape index (κ3) is 4.32. The molecule has 37 heavy (non-hydrogen) atoms. The highest BCUT2D eigenvalue weighted by atomic mass is 35.5. The van der Waals surface area contributed by atoms with Crippen LogP contribution in [0.25, 0.3) is 5.65 Å². The number of amides is 1. The first kappa shape index (κ1) is 24.4. The molecule has 0 unspecified atom stereocenters. The number of aromatic nitrogens is 3. The lowest BCUT2D eigenvalue weighted by Gasteiger charge is -2.59. The first-order chi connectivity index (χ1) is 17.6. The van der Waals surface area contributed by atoms with Gasteiger partial charge in [-0.25, -0.2) is 17.9 Å². The predicted molar refractivity (Wildman–Crippen MR) is 143 cm³/mol. The first-order valence-electron chi connectivity index (χ1n) is 12.6. The molecule has 1 aromatic carbocycles. The Hall–Kier alpha value is -2.89. The molecule has 3 saturated heterocycles. The van der Waals surface area contributed by atoms with Gasteiger partial charge in [-0.15, -0.1) is 0 Å². The number of aryl methyl sites for hydroxylation is 1. The number of anilines is 2. The van der Waals surface area contributed by atoms with Gasteiger partial charge in [0, 0.05) is 49.0 Å². The topological polar surface area (TPSA) is 112 Å². The van der Waals surface area contributed by atoms with Crippen LogP contribution in [-0.2, 0) is 10.0 Å². The van der Waals surface area contributed by atoms with Crippen LogP contribution in [0.3, 0.4) is 0 Å². The van der Waals surface area contributed by atoms with Crippen molar-refractivity contribution in [2.24, 2.45) is 0 Å². The van der Waals surface area contributed by atoms with Crippen LogP contribution in [0.1, 0.15) is 53.3 Å². The van der Waals surface area contributed by atoms with Crippen LogP contribution in [0, 0.1) is 6.92 Å². The molecule has 1 spiro atoms. The molecule has 10 nitrogen and oxygen atoms in total. The quantitative estimate of drug-likeness (QED) is 0.509. The second-order valence-electron chi connectivity index (χ2n) is 10.4. The van der Waals surface area contributed by atoms with Crippen LogP contribution < -0.4 is 14.9 Å². The van der Waals surface area contributed by atoms with Gasteiger partial charge in [0.25, 0.3) is 5.91 Å². The number of benzene rings is 1. The van der Waals surface area contributed by atoms with Crippen molar-refractivity contribution in [3.63, 3.8) is 0 Å². The molecule has 0 aliphatic carbocycles. The van der Waals surface area contributed by atoms with E-state index in [0.29, 0.717) is 11.6 Å². The van der Waals surface area contributed by atoms with E-state index in [2.05, 4.69) is 21.9 Å². The molecule has 196 valence electrons. The summed E-state index contributed by atoms with van der Waals surface area (Å²) in [6.07, 6.45) is 6.83. The lowest BCUT2D eigenvalue weighted by molar-refractivity contribution is 0.0607. The Morgan fingerprint density at radius 3 is 2.70 bits per heavy atom. The van der Waals surface area contributed by atoms with Crippen molar-refractivity contribution in [2.45, 2.75) is 44.2 Å². The SMILES string of the molecule is Cc1cn2nc([C@@H]3CCCCN3C(=O)c3cc(Cl)ccc3NS(C)(=O)=O)cc2nc1N1CCC12CNC2. The molecule has 3 aromatic rings. The van der Waals surface area contributed by atoms with Crippen LogP contribution in [0.5, 0.6) is 0 Å². The number of carbonyl (C=O) groups excluding carboxylic acids is 1. The molecular formula is C25H30ClN7O3S. The number of fused-ring (bicyclic) bond motifs is 1. The molecule has 1 atom stereocenters. The average molecular weight is 544 g/mol. The monoisotopic (exact) mass is 543 g/mol. The highest BCUT2D eigenvalue weighted by molar-refractivity contribution is 7.92. The lowest BCUT2D eigenvalue weighted by atomic mass is 9.79. The van der Waals surface area contributed by atoms with Gasteiger partial charge in [0.2, 0.25) is 10.0 Å². The lowest BCUT2D eigenvalue weighted by Crippen LogP contribution is -2.76. The molecule has 0 saturated carbocycles. The number of sulfonamides is 1. The number of carbonyl (C=O) groups is 1. The Morgan fingerprint density at radius 2 is 2.03 bits per heavy atom. The largest absolute Gasteiger partial charge is 0.348 e. The summed E-state index contributed by atoms with van der Waals surface area (Å²) in [5.41, 5.74) is 3.24. The standard InChI is InChI=1S/C25H30ClN7O3S/c1-16-13-33-22(28-23(16)32-10-8-25(32)14-27-15-25)12-20(29-33)21-5-3-4-9-31(21)24(34)18-11-17(26)6-7-19(18)30-37(2,35)36/h6-7,11-13,21,27,30H,3-5,8-10,14-15H2,1-2H3/t21-/m0/s1. The molecule has 6 rings (SSSR count). The first-order valence-corrected chi connectivity index (χ1v) is 14.8. The van der Waals surface area contributed by atoms with E-state index < -0.39 is 10.0 Å². The Kier molecular flexibility index (Phi) is 5.85. The second kappa shape index (κ2) is 8.85. The molecule has 12 heteroatoms. The molecule has 3 aliphatic heterocycles. The predicted octanol–water partition coefficient (Wildman–Crippen LogP) is 2.98. The molecule has 3 aliphatic rings. The number of nitrogens with zero attached hydrogens (tertiary/aromatic N) is 5. The summed E-state index contributed by atoms with van der Waals surface area (Å²) in [5.74, 6) is 0.721. The van der Waals surface area contributed by atoms with E-state index in [1.165, 1.54) is 18.6 Å². The Balaban J connectivity index is 1.33. The third-order valence-corrected chi connectivity index (χ3v) is 8.60. The average Bonchev–Trinajstić information content (AvgIpc) is 3.20. The number of rotatable bonds is 5. The van der Waals surface area contributed by atoms with Crippen LogP contribution in [0.4, 0.5) is 11.5 Å². The molecule has 0 bridgehead atoms. The zero-order valence-corrected chi connectivity index (χ0v) is 22.4. The van der Waals surface area contributed by atoms with E-state index >= 15 is 0 Å². The van der Waals surface area contributed by atoms with Gasteiger partial charge < -0.3 is 15.1 Å². The Labute approximate surface area is 221 Å². The zero-order valence-electron chi connectivity index (χ0n) is 20.9. The Bertz CT molecular complexity index is 1500. The maximum absolute atomic E-state index is 13.8. The van der Waals surface area contributed by atoms with Crippen LogP contribution in [-0.4, -0.2) is 71.8 Å². The number of hydrogen-bond acceptors (Lipinski definition) is 7. The van der Waals surface area contributed by atoms with E-state index in [9.17, 15) is 13.2 Å². The maximum atomic E-state index is 13.8. The maximum Gasteiger partial charge on any atom is 0.256 e. The second-order valence-corrected chi connectivity index (χ2v) is 12.6. The number of likely N-dealkylation sites (tertiary alicyclic amines) is 1. The number of halogens is 1. The molecule has 2 aromatic heterocycles. The zero-order chi connectivity index (χ0) is 25.9. The van der Waals surface area contributed by atoms with Crippen molar-refractivity contribution in [2.75, 3.05) is 42.1 Å². The van der Waals surface area contributed by atoms with Crippen LogP contribution in [0.15, 0.2) is 30.5 Å². The molecule has 3 fully saturated rings. The fourth-order valence-corrected chi connectivity index (χ4v) is 6.48. The summed E-state index contributed by atoms with van der Waals surface area (Å²) in [6.45, 7) is 5.59. The minimum atomic E-state index is -3.57. The summed E-state index contributed by atoms with van der Waals surface area (Å²) < 4.78 is 28.1. The van der Waals surface area contributed by atoms with Crippen molar-refractivity contribution >= 4 is 44.7 Å². The third-order valence-electron chi connectivity index (χ3n) is 7.77. The van der Waals surface area contributed by atoms with Crippen LogP contribution in [0.2, 0.25) is 5.02 Å². The highest BCUT2D eigenvalue weighted by Crippen LogP contribution is 2.40. The fraction of sp³-hybridized carbons (Fsp3) is 0.480. The van der Waals surface area contributed by atoms with E-state index in [1.54, 1.807) is 15.5 Å². The van der Waals surface area contributed by atoms with E-state index in [-0.39, 0.29) is 28.7 Å². The summed E-state index contributed by atoms with van der Waals surface area (Å²) >= 11 is 6.20. The van der Waals surface area contributed by atoms with Gasteiger partial charge in [-0.1, -0.05) is 11.6 Å². The van der Waals surface area contributed by atoms with E-state index in [1.807, 2.05) is 12.3 Å². The minimum Gasteiger partial charge on any atom is -0.348 e. The fourth-order valence-electron chi connectivity index (χ4n) is 5.73. The number of piperidine rings is 1. The number of nitrogens with one attached hydrogen (secondary N) is 2. The van der Waals surface area contributed by atoms with E-state index in [0.717, 1.165) is 67.9 Å². The summed E-state index contributed by atoms with van der Waals surface area (Å²) in [4.78, 5) is 22.9. The smallest absolute Gasteiger partial charge is 0.256 e. The summed E-state index contributed by atoms with van der Waals surface area (Å²) in [5, 5.41) is 8.58. The number of hydrogen-bond donors (Lipinski definition) is 2. The van der Waals surface area contributed by atoms with Gasteiger partial charge in [-0.3, -0.25) is 9.52 Å². The summed E-state index contributed by atoms with van der Waals surface area (Å²) in [6, 6.07) is 6.33. The van der Waals surface area contributed by atoms with Gasteiger partial charge in [-0.05, 0) is 50.8 Å². The van der Waals surface area contributed by atoms with Gasteiger partial charge >= 0.3 is 0 Å². The normalized spacial score (nSPS) is 21.1. The van der Waals surface area contributed by atoms with Crippen molar-refractivity contribution in [1.29, 1.82) is 0 Å². The van der Waals surface area contributed by atoms with Crippen molar-refractivity contribution in [3.05, 3.63) is 52.3 Å². The minimum absolute atomic E-state index is 0.195. The van der Waals surface area contributed by atoms with Gasteiger partial charge in [0.05, 0.1) is 34.8 Å². The van der Waals surface area contributed by atoms with Gasteiger partial charge in [-0.2, -0.15) is 5.10 Å². The molecule has 1 amide bonds. The Morgan fingerprint density at radius 1 is 1.22 bits per heavy atom. The molecule has 2 N–H and O–H groups in total. The van der Waals surface area contributed by atoms with Crippen molar-refractivity contribution < 1.29 is 13.2 Å². The van der Waals surface area contributed by atoms with Crippen molar-refractivity contribution in [1.82, 2.24) is 24.8 Å². The van der Waals surface area contributed by atoms with Gasteiger partial charge in [0.1, 0.15) is 5.82 Å².